The molecule has 4 nitrogen and oxygen atoms in total. The Kier molecular flexibility index (Phi) is 3.73. The van der Waals surface area contributed by atoms with E-state index in [0.717, 1.165) is 5.39 Å². The van der Waals surface area contributed by atoms with E-state index in [2.05, 4.69) is 15.3 Å². The summed E-state index contributed by atoms with van der Waals surface area (Å²) < 4.78 is 0. The molecule has 2 aromatic heterocycles. The van der Waals surface area contributed by atoms with E-state index in [1.807, 2.05) is 18.2 Å². The molecule has 1 aromatic carbocycles. The van der Waals surface area contributed by atoms with Crippen LogP contribution in [0.25, 0.3) is 10.9 Å². The summed E-state index contributed by atoms with van der Waals surface area (Å²) in [4.78, 5) is 20.5. The van der Waals surface area contributed by atoms with Crippen LogP contribution in [0.5, 0.6) is 0 Å². The summed E-state index contributed by atoms with van der Waals surface area (Å²) >= 11 is 11.9. The van der Waals surface area contributed by atoms with E-state index in [1.54, 1.807) is 18.2 Å². The second-order valence-electron chi connectivity index (χ2n) is 4.32. The summed E-state index contributed by atoms with van der Waals surface area (Å²) in [5.41, 5.74) is 0.898. The van der Waals surface area contributed by atoms with Crippen LogP contribution in [0, 0.1) is 0 Å². The standard InChI is InChI=1S/C15H9Cl2N3O/c16-9-5-6-14(18-8-9)20-15(21)13-7-11(17)10-3-1-2-4-12(10)19-13/h1-8H,(H,18,20,21). The van der Waals surface area contributed by atoms with Gasteiger partial charge in [0.2, 0.25) is 0 Å². The van der Waals surface area contributed by atoms with Gasteiger partial charge in [0.1, 0.15) is 11.5 Å². The van der Waals surface area contributed by atoms with Crippen LogP contribution < -0.4 is 5.32 Å². The van der Waals surface area contributed by atoms with Crippen molar-refractivity contribution < 1.29 is 4.79 Å². The van der Waals surface area contributed by atoms with Crippen LogP contribution in [-0.4, -0.2) is 15.9 Å². The number of fused-ring (bicyclic) bond motifs is 1. The Morgan fingerprint density at radius 3 is 2.67 bits per heavy atom. The van der Waals surface area contributed by atoms with Crippen LogP contribution >= 0.6 is 23.2 Å². The summed E-state index contributed by atoms with van der Waals surface area (Å²) in [5.74, 6) is 0.0213. The molecule has 0 spiro atoms. The molecular formula is C15H9Cl2N3O. The molecule has 104 valence electrons. The third kappa shape index (κ3) is 2.96. The lowest BCUT2D eigenvalue weighted by Crippen LogP contribution is -2.14. The molecule has 0 unspecified atom stereocenters. The maximum atomic E-state index is 12.2. The van der Waals surface area contributed by atoms with Crippen molar-refractivity contribution in [2.45, 2.75) is 0 Å². The Labute approximate surface area is 130 Å². The van der Waals surface area contributed by atoms with Gasteiger partial charge in [0.15, 0.2) is 0 Å². The van der Waals surface area contributed by atoms with E-state index in [-0.39, 0.29) is 11.6 Å². The molecule has 0 saturated carbocycles. The summed E-state index contributed by atoms with van der Waals surface area (Å²) in [5, 5.41) is 4.43. The monoisotopic (exact) mass is 317 g/mol. The van der Waals surface area contributed by atoms with Gasteiger partial charge < -0.3 is 5.32 Å². The number of carbonyl (C=O) groups is 1. The fourth-order valence-electron chi connectivity index (χ4n) is 1.88. The van der Waals surface area contributed by atoms with Gasteiger partial charge in [-0.2, -0.15) is 0 Å². The average Bonchev–Trinajstić information content (AvgIpc) is 2.49. The van der Waals surface area contributed by atoms with Crippen LogP contribution in [0.1, 0.15) is 10.5 Å². The molecule has 0 saturated heterocycles. The number of anilines is 1. The molecule has 0 atom stereocenters. The topological polar surface area (TPSA) is 54.9 Å². The summed E-state index contributed by atoms with van der Waals surface area (Å²) in [6, 6.07) is 12.2. The van der Waals surface area contributed by atoms with Crippen LogP contribution in [0.15, 0.2) is 48.7 Å². The minimum atomic E-state index is -0.377. The van der Waals surface area contributed by atoms with E-state index in [0.29, 0.717) is 21.4 Å². The molecule has 0 aliphatic heterocycles. The van der Waals surface area contributed by atoms with Gasteiger partial charge in [-0.05, 0) is 24.3 Å². The zero-order valence-electron chi connectivity index (χ0n) is 10.7. The Hall–Kier alpha value is -2.17. The van der Waals surface area contributed by atoms with Gasteiger partial charge in [0.25, 0.3) is 5.91 Å². The molecule has 0 radical (unpaired) electrons. The lowest BCUT2D eigenvalue weighted by molar-refractivity contribution is 0.102. The zero-order valence-corrected chi connectivity index (χ0v) is 12.2. The molecule has 1 amide bonds. The van der Waals surface area contributed by atoms with Crippen molar-refractivity contribution in [2.24, 2.45) is 0 Å². The van der Waals surface area contributed by atoms with Crippen molar-refractivity contribution in [3.8, 4) is 0 Å². The van der Waals surface area contributed by atoms with Gasteiger partial charge in [-0.1, -0.05) is 41.4 Å². The molecule has 0 aliphatic rings. The van der Waals surface area contributed by atoms with E-state index in [4.69, 9.17) is 23.2 Å². The van der Waals surface area contributed by atoms with Crippen LogP contribution in [0.2, 0.25) is 10.0 Å². The van der Waals surface area contributed by atoms with Crippen molar-refractivity contribution in [3.05, 3.63) is 64.4 Å². The quantitative estimate of drug-likeness (QED) is 0.771. The molecule has 3 aromatic rings. The molecule has 3 rings (SSSR count). The zero-order chi connectivity index (χ0) is 14.8. The minimum Gasteiger partial charge on any atom is -0.305 e. The van der Waals surface area contributed by atoms with Crippen LogP contribution in [0.4, 0.5) is 5.82 Å². The number of aromatic nitrogens is 2. The number of halogens is 2. The van der Waals surface area contributed by atoms with E-state index in [1.165, 1.54) is 12.3 Å². The van der Waals surface area contributed by atoms with Crippen LogP contribution in [-0.2, 0) is 0 Å². The van der Waals surface area contributed by atoms with Gasteiger partial charge >= 0.3 is 0 Å². The highest BCUT2D eigenvalue weighted by Gasteiger charge is 2.11. The van der Waals surface area contributed by atoms with Crippen molar-refractivity contribution in [1.82, 2.24) is 9.97 Å². The number of hydrogen-bond donors (Lipinski definition) is 1. The van der Waals surface area contributed by atoms with Gasteiger partial charge in [-0.3, -0.25) is 4.79 Å². The Balaban J connectivity index is 1.92. The predicted molar refractivity (Wildman–Crippen MR) is 84.0 cm³/mol. The van der Waals surface area contributed by atoms with Gasteiger partial charge in [-0.15, -0.1) is 0 Å². The summed E-state index contributed by atoms with van der Waals surface area (Å²) in [6.07, 6.45) is 1.46. The Morgan fingerprint density at radius 1 is 1.10 bits per heavy atom. The average molecular weight is 318 g/mol. The number of pyridine rings is 2. The first kappa shape index (κ1) is 13.8. The number of amides is 1. The fourth-order valence-corrected chi connectivity index (χ4v) is 2.25. The van der Waals surface area contributed by atoms with Crippen molar-refractivity contribution in [2.75, 3.05) is 5.32 Å². The minimum absolute atomic E-state index is 0.232. The molecule has 0 aliphatic carbocycles. The maximum absolute atomic E-state index is 12.2. The van der Waals surface area contributed by atoms with Gasteiger partial charge in [0, 0.05) is 11.6 Å². The Bertz CT molecular complexity index is 819. The molecule has 21 heavy (non-hydrogen) atoms. The summed E-state index contributed by atoms with van der Waals surface area (Å²) in [6.45, 7) is 0. The predicted octanol–water partition coefficient (Wildman–Crippen LogP) is 4.19. The molecular weight excluding hydrogens is 309 g/mol. The number of para-hydroxylation sites is 1. The van der Waals surface area contributed by atoms with E-state index >= 15 is 0 Å². The smallest absolute Gasteiger partial charge is 0.275 e. The SMILES string of the molecule is O=C(Nc1ccc(Cl)cn1)c1cc(Cl)c2ccccc2n1. The number of carbonyl (C=O) groups excluding carboxylic acids is 1. The lowest BCUT2D eigenvalue weighted by atomic mass is 10.2. The maximum Gasteiger partial charge on any atom is 0.275 e. The van der Waals surface area contributed by atoms with Crippen molar-refractivity contribution in [3.63, 3.8) is 0 Å². The second kappa shape index (κ2) is 5.68. The largest absolute Gasteiger partial charge is 0.305 e. The summed E-state index contributed by atoms with van der Waals surface area (Å²) in [7, 11) is 0. The van der Waals surface area contributed by atoms with Crippen molar-refractivity contribution in [1.29, 1.82) is 0 Å². The highest BCUT2D eigenvalue weighted by molar-refractivity contribution is 6.35. The number of hydrogen-bond acceptors (Lipinski definition) is 3. The third-order valence-corrected chi connectivity index (χ3v) is 3.40. The first-order valence-electron chi connectivity index (χ1n) is 6.12. The number of nitrogens with zero attached hydrogens (tertiary/aromatic N) is 2. The molecule has 0 fully saturated rings. The molecule has 1 N–H and O–H groups in total. The number of nitrogens with one attached hydrogen (secondary N) is 1. The van der Waals surface area contributed by atoms with Gasteiger partial charge in [0.05, 0.1) is 15.6 Å². The fraction of sp³-hybridized carbons (Fsp3) is 0. The van der Waals surface area contributed by atoms with E-state index in [9.17, 15) is 4.79 Å². The number of rotatable bonds is 2. The Morgan fingerprint density at radius 2 is 1.90 bits per heavy atom. The first-order chi connectivity index (χ1) is 10.1. The highest BCUT2D eigenvalue weighted by atomic mass is 35.5. The lowest BCUT2D eigenvalue weighted by Gasteiger charge is -2.06. The third-order valence-electron chi connectivity index (χ3n) is 2.87. The van der Waals surface area contributed by atoms with Crippen LogP contribution in [0.3, 0.4) is 0 Å². The van der Waals surface area contributed by atoms with Gasteiger partial charge in [-0.25, -0.2) is 9.97 Å². The first-order valence-corrected chi connectivity index (χ1v) is 6.87. The highest BCUT2D eigenvalue weighted by Crippen LogP contribution is 2.23. The molecule has 6 heteroatoms. The van der Waals surface area contributed by atoms with Crippen molar-refractivity contribution >= 4 is 45.8 Å². The normalized spacial score (nSPS) is 10.6. The molecule has 0 bridgehead atoms. The van der Waals surface area contributed by atoms with E-state index < -0.39 is 0 Å². The number of benzene rings is 1. The molecule has 2 heterocycles. The second-order valence-corrected chi connectivity index (χ2v) is 5.17.